The van der Waals surface area contributed by atoms with Crippen LogP contribution in [-0.4, -0.2) is 11.2 Å². The first kappa shape index (κ1) is 13.7. The molecule has 0 aliphatic carbocycles. The van der Waals surface area contributed by atoms with Crippen LogP contribution < -0.4 is 0 Å². The number of aromatic nitrogens is 1. The molecule has 1 nitrogen and oxygen atoms in total. The van der Waals surface area contributed by atoms with E-state index in [1.54, 1.807) is 23.1 Å². The third-order valence-corrected chi connectivity index (χ3v) is 4.60. The highest BCUT2D eigenvalue weighted by Gasteiger charge is 2.07. The van der Waals surface area contributed by atoms with Crippen LogP contribution in [0.3, 0.4) is 0 Å². The molecule has 0 saturated heterocycles. The van der Waals surface area contributed by atoms with E-state index in [2.05, 4.69) is 35.2 Å². The van der Waals surface area contributed by atoms with Crippen molar-refractivity contribution < 1.29 is 0 Å². The van der Waals surface area contributed by atoms with Gasteiger partial charge in [0.05, 0.1) is 11.4 Å². The molecule has 100 valence electrons. The number of rotatable bonds is 3. The Hall–Kier alpha value is -1.29. The van der Waals surface area contributed by atoms with Crippen LogP contribution in [-0.2, 0) is 0 Å². The van der Waals surface area contributed by atoms with E-state index in [9.17, 15) is 0 Å². The molecule has 20 heavy (non-hydrogen) atoms. The fourth-order valence-electron chi connectivity index (χ4n) is 1.98. The summed E-state index contributed by atoms with van der Waals surface area (Å²) in [6.07, 6.45) is 2.08. The third-order valence-electron chi connectivity index (χ3n) is 2.97. The van der Waals surface area contributed by atoms with E-state index >= 15 is 0 Å². The molecule has 0 spiro atoms. The molecule has 2 aromatic heterocycles. The Balaban J connectivity index is 2.14. The van der Waals surface area contributed by atoms with Crippen molar-refractivity contribution in [3.63, 3.8) is 0 Å². The average Bonchev–Trinajstić information content (AvgIpc) is 3.01. The molecule has 4 heteroatoms. The number of benzene rings is 1. The van der Waals surface area contributed by atoms with Gasteiger partial charge in [0.15, 0.2) is 0 Å². The van der Waals surface area contributed by atoms with Gasteiger partial charge in [-0.05, 0) is 42.0 Å². The van der Waals surface area contributed by atoms with E-state index in [4.69, 9.17) is 16.6 Å². The summed E-state index contributed by atoms with van der Waals surface area (Å²) in [5.74, 6) is 0. The normalized spacial score (nSPS) is 10.7. The molecule has 0 N–H and O–H groups in total. The lowest BCUT2D eigenvalue weighted by molar-refractivity contribution is 1.27. The maximum Gasteiger partial charge on any atom is 0.0729 e. The highest BCUT2D eigenvalue weighted by Crippen LogP contribution is 2.30. The number of thioether (sulfide) groups is 1. The highest BCUT2D eigenvalue weighted by atomic mass is 35.5. The minimum Gasteiger partial charge on any atom is -0.248 e. The number of nitrogens with zero attached hydrogens (tertiary/aromatic N) is 1. The molecule has 0 atom stereocenters. The summed E-state index contributed by atoms with van der Waals surface area (Å²) in [7, 11) is 0. The minimum absolute atomic E-state index is 0.732. The number of halogens is 1. The van der Waals surface area contributed by atoms with Crippen molar-refractivity contribution >= 4 is 34.7 Å². The monoisotopic (exact) mass is 317 g/mol. The molecule has 1 aromatic carbocycles. The second-order valence-electron chi connectivity index (χ2n) is 4.30. The fourth-order valence-corrected chi connectivity index (χ4v) is 3.28. The SMILES string of the molecule is CSc1cc(-c2ccsc2)nc(-c2cccc(Cl)c2)c1. The van der Waals surface area contributed by atoms with Crippen LogP contribution in [0.1, 0.15) is 0 Å². The van der Waals surface area contributed by atoms with E-state index in [-0.39, 0.29) is 0 Å². The van der Waals surface area contributed by atoms with Gasteiger partial charge < -0.3 is 0 Å². The second kappa shape index (κ2) is 6.00. The standard InChI is InChI=1S/C16H12ClNS2/c1-19-14-8-15(11-3-2-4-13(17)7-11)18-16(9-14)12-5-6-20-10-12/h2-10H,1H3. The maximum atomic E-state index is 6.08. The van der Waals surface area contributed by atoms with E-state index in [0.717, 1.165) is 27.5 Å². The number of pyridine rings is 1. The van der Waals surface area contributed by atoms with Gasteiger partial charge in [0.2, 0.25) is 0 Å². The Morgan fingerprint density at radius 3 is 2.50 bits per heavy atom. The zero-order valence-electron chi connectivity index (χ0n) is 10.8. The first-order valence-electron chi connectivity index (χ1n) is 6.11. The molecule has 0 saturated carbocycles. The van der Waals surface area contributed by atoms with Crippen molar-refractivity contribution in [2.24, 2.45) is 0 Å². The largest absolute Gasteiger partial charge is 0.248 e. The van der Waals surface area contributed by atoms with Gasteiger partial charge >= 0.3 is 0 Å². The molecule has 0 aliphatic heterocycles. The molecule has 0 amide bonds. The van der Waals surface area contributed by atoms with E-state index in [0.29, 0.717) is 0 Å². The highest BCUT2D eigenvalue weighted by molar-refractivity contribution is 7.98. The van der Waals surface area contributed by atoms with Gasteiger partial charge in [-0.25, -0.2) is 4.98 Å². The summed E-state index contributed by atoms with van der Waals surface area (Å²) < 4.78 is 0. The predicted molar refractivity (Wildman–Crippen MR) is 89.8 cm³/mol. The first-order chi connectivity index (χ1) is 9.76. The topological polar surface area (TPSA) is 12.9 Å². The molecule has 0 bridgehead atoms. The van der Waals surface area contributed by atoms with Crippen molar-refractivity contribution in [2.75, 3.05) is 6.26 Å². The lowest BCUT2D eigenvalue weighted by atomic mass is 10.1. The molecule has 0 unspecified atom stereocenters. The fraction of sp³-hybridized carbons (Fsp3) is 0.0625. The third kappa shape index (κ3) is 2.90. The molecule has 3 aromatic rings. The zero-order valence-corrected chi connectivity index (χ0v) is 13.2. The van der Waals surface area contributed by atoms with Gasteiger partial charge in [-0.2, -0.15) is 11.3 Å². The molecular weight excluding hydrogens is 306 g/mol. The Morgan fingerprint density at radius 2 is 1.85 bits per heavy atom. The van der Waals surface area contributed by atoms with E-state index in [1.165, 1.54) is 4.90 Å². The summed E-state index contributed by atoms with van der Waals surface area (Å²) >= 11 is 9.48. The first-order valence-corrected chi connectivity index (χ1v) is 8.65. The maximum absolute atomic E-state index is 6.08. The Bertz CT molecular complexity index is 723. The van der Waals surface area contributed by atoms with Crippen molar-refractivity contribution in [2.45, 2.75) is 4.90 Å². The van der Waals surface area contributed by atoms with Gasteiger partial charge in [-0.3, -0.25) is 0 Å². The predicted octanol–water partition coefficient (Wildman–Crippen LogP) is 5.85. The van der Waals surface area contributed by atoms with Gasteiger partial charge in [-0.1, -0.05) is 23.7 Å². The van der Waals surface area contributed by atoms with Crippen LogP contribution in [0, 0.1) is 0 Å². The average molecular weight is 318 g/mol. The quantitative estimate of drug-likeness (QED) is 0.562. The summed E-state index contributed by atoms with van der Waals surface area (Å²) in [6, 6.07) is 14.1. The van der Waals surface area contributed by atoms with Gasteiger partial charge in [0.1, 0.15) is 0 Å². The van der Waals surface area contributed by atoms with Crippen LogP contribution in [0.25, 0.3) is 22.5 Å². The Labute approximate surface area is 131 Å². The molecule has 0 aliphatic rings. The van der Waals surface area contributed by atoms with Crippen molar-refractivity contribution in [3.05, 3.63) is 58.2 Å². The van der Waals surface area contributed by atoms with Crippen molar-refractivity contribution in [1.29, 1.82) is 0 Å². The van der Waals surface area contributed by atoms with Gasteiger partial charge in [-0.15, -0.1) is 11.8 Å². The summed E-state index contributed by atoms with van der Waals surface area (Å²) in [5.41, 5.74) is 4.17. The Kier molecular flexibility index (Phi) is 4.10. The summed E-state index contributed by atoms with van der Waals surface area (Å²) in [5, 5.41) is 4.92. The molecule has 0 fully saturated rings. The zero-order chi connectivity index (χ0) is 13.9. The van der Waals surface area contributed by atoms with Gasteiger partial charge in [0.25, 0.3) is 0 Å². The smallest absolute Gasteiger partial charge is 0.0729 e. The second-order valence-corrected chi connectivity index (χ2v) is 6.40. The number of hydrogen-bond donors (Lipinski definition) is 0. The number of thiophene rings is 1. The van der Waals surface area contributed by atoms with E-state index in [1.807, 2.05) is 24.3 Å². The summed E-state index contributed by atoms with van der Waals surface area (Å²) in [4.78, 5) is 5.97. The Morgan fingerprint density at radius 1 is 1.05 bits per heavy atom. The van der Waals surface area contributed by atoms with Crippen molar-refractivity contribution in [3.8, 4) is 22.5 Å². The van der Waals surface area contributed by atoms with Crippen LogP contribution in [0.5, 0.6) is 0 Å². The summed E-state index contributed by atoms with van der Waals surface area (Å²) in [6.45, 7) is 0. The van der Waals surface area contributed by atoms with Crippen LogP contribution in [0.4, 0.5) is 0 Å². The number of hydrogen-bond acceptors (Lipinski definition) is 3. The van der Waals surface area contributed by atoms with Crippen molar-refractivity contribution in [1.82, 2.24) is 4.98 Å². The van der Waals surface area contributed by atoms with E-state index < -0.39 is 0 Å². The van der Waals surface area contributed by atoms with Gasteiger partial charge in [0, 0.05) is 26.4 Å². The minimum atomic E-state index is 0.732. The lowest BCUT2D eigenvalue weighted by Gasteiger charge is -2.07. The molecular formula is C16H12ClNS2. The van der Waals surface area contributed by atoms with Crippen LogP contribution in [0.15, 0.2) is 58.1 Å². The van der Waals surface area contributed by atoms with Crippen LogP contribution >= 0.6 is 34.7 Å². The molecule has 2 heterocycles. The molecule has 3 rings (SSSR count). The molecule has 0 radical (unpaired) electrons. The lowest BCUT2D eigenvalue weighted by Crippen LogP contribution is -1.89. The van der Waals surface area contributed by atoms with Crippen LogP contribution in [0.2, 0.25) is 5.02 Å².